The summed E-state index contributed by atoms with van der Waals surface area (Å²) in [5, 5.41) is 26.9. The highest BCUT2D eigenvalue weighted by Crippen LogP contribution is 2.24. The van der Waals surface area contributed by atoms with Crippen molar-refractivity contribution >= 4 is 11.6 Å². The minimum Gasteiger partial charge on any atom is -0.391 e. The molecule has 0 amide bonds. The zero-order chi connectivity index (χ0) is 20.5. The number of hydrogen-bond acceptors (Lipinski definition) is 6. The third-order valence-corrected chi connectivity index (χ3v) is 3.93. The summed E-state index contributed by atoms with van der Waals surface area (Å²) in [7, 11) is 0. The van der Waals surface area contributed by atoms with Crippen molar-refractivity contribution in [1.29, 1.82) is 0 Å². The number of halogens is 2. The van der Waals surface area contributed by atoms with Gasteiger partial charge in [0, 0.05) is 23.5 Å². The number of nitrogens with one attached hydrogen (secondary N) is 1. The van der Waals surface area contributed by atoms with Crippen LogP contribution in [-0.2, 0) is 12.1 Å². The largest absolute Gasteiger partial charge is 0.391 e. The maximum Gasteiger partial charge on any atom is 0.247 e. The van der Waals surface area contributed by atoms with Crippen LogP contribution in [-0.4, -0.2) is 36.1 Å². The number of hydrogen-bond donors (Lipinski definition) is 3. The van der Waals surface area contributed by atoms with Gasteiger partial charge in [0.2, 0.25) is 5.95 Å². The van der Waals surface area contributed by atoms with Gasteiger partial charge >= 0.3 is 0 Å². The smallest absolute Gasteiger partial charge is 0.247 e. The summed E-state index contributed by atoms with van der Waals surface area (Å²) in [5.41, 5.74) is 0.332. The lowest BCUT2D eigenvalue weighted by Crippen LogP contribution is -2.17. The van der Waals surface area contributed by atoms with Crippen molar-refractivity contribution in [2.45, 2.75) is 39.0 Å². The second-order valence-electron chi connectivity index (χ2n) is 7.04. The van der Waals surface area contributed by atoms with Crippen LogP contribution in [0, 0.1) is 11.6 Å². The summed E-state index contributed by atoms with van der Waals surface area (Å²) in [6.07, 6.45) is 0.872. The maximum atomic E-state index is 13.4. The highest BCUT2D eigenvalue weighted by molar-refractivity contribution is 5.59. The van der Waals surface area contributed by atoms with Crippen LogP contribution in [0.15, 0.2) is 36.5 Å². The molecule has 3 rings (SSSR count). The number of pyridine rings is 1. The second-order valence-corrected chi connectivity index (χ2v) is 7.04. The summed E-state index contributed by atoms with van der Waals surface area (Å²) < 4.78 is 28.0. The molecule has 0 spiro atoms. The Morgan fingerprint density at radius 1 is 1.18 bits per heavy atom. The molecule has 148 valence electrons. The van der Waals surface area contributed by atoms with Gasteiger partial charge in [0.1, 0.15) is 5.60 Å². The van der Waals surface area contributed by atoms with Gasteiger partial charge < -0.3 is 15.5 Å². The van der Waals surface area contributed by atoms with Crippen LogP contribution in [0.4, 0.5) is 20.4 Å². The first-order chi connectivity index (χ1) is 13.1. The molecule has 0 fully saturated rings. The third-order valence-electron chi connectivity index (χ3n) is 3.93. The summed E-state index contributed by atoms with van der Waals surface area (Å²) in [6.45, 7) is 5.06. The topological polar surface area (TPSA) is 96.1 Å². The van der Waals surface area contributed by atoms with Crippen LogP contribution < -0.4 is 5.32 Å². The molecule has 0 aliphatic carbocycles. The highest BCUT2D eigenvalue weighted by atomic mass is 19.2. The molecular weight excluding hydrogens is 368 g/mol. The van der Waals surface area contributed by atoms with E-state index in [-0.39, 0.29) is 18.2 Å². The van der Waals surface area contributed by atoms with Crippen molar-refractivity contribution in [3.8, 4) is 11.4 Å². The first-order valence-corrected chi connectivity index (χ1v) is 8.68. The van der Waals surface area contributed by atoms with E-state index in [1.807, 2.05) is 0 Å². The summed E-state index contributed by atoms with van der Waals surface area (Å²) >= 11 is 0. The van der Waals surface area contributed by atoms with Gasteiger partial charge in [-0.1, -0.05) is 0 Å². The normalized spacial score (nSPS) is 12.8. The van der Waals surface area contributed by atoms with Gasteiger partial charge in [-0.2, -0.15) is 4.98 Å². The molecule has 0 bridgehead atoms. The number of nitrogens with zero attached hydrogens (tertiary/aromatic N) is 4. The number of aliphatic hydroxyl groups is 2. The molecule has 0 radical (unpaired) electrons. The van der Waals surface area contributed by atoms with Gasteiger partial charge in [0.05, 0.1) is 18.3 Å². The van der Waals surface area contributed by atoms with Crippen molar-refractivity contribution in [1.82, 2.24) is 19.7 Å². The Bertz CT molecular complexity index is 965. The van der Waals surface area contributed by atoms with Gasteiger partial charge in [-0.15, -0.1) is 5.10 Å². The molecule has 0 saturated carbocycles. The van der Waals surface area contributed by atoms with E-state index in [9.17, 15) is 19.0 Å². The Morgan fingerprint density at radius 3 is 2.50 bits per heavy atom. The third kappa shape index (κ3) is 4.49. The van der Waals surface area contributed by atoms with Crippen molar-refractivity contribution in [3.63, 3.8) is 0 Å². The zero-order valence-corrected chi connectivity index (χ0v) is 15.7. The lowest BCUT2D eigenvalue weighted by molar-refractivity contribution is 0.0739. The molecule has 2 aromatic heterocycles. The number of aromatic nitrogens is 4. The molecule has 0 saturated heterocycles. The van der Waals surface area contributed by atoms with Gasteiger partial charge in [0.15, 0.2) is 17.5 Å². The Balaban J connectivity index is 1.94. The quantitative estimate of drug-likeness (QED) is 0.600. The van der Waals surface area contributed by atoms with Crippen molar-refractivity contribution in [2.75, 3.05) is 5.32 Å². The fraction of sp³-hybridized carbons (Fsp3) is 0.316. The van der Waals surface area contributed by atoms with E-state index >= 15 is 0 Å². The van der Waals surface area contributed by atoms with Gasteiger partial charge in [-0.05, 0) is 45.0 Å². The number of aliphatic hydroxyl groups excluding tert-OH is 1. The zero-order valence-electron chi connectivity index (χ0n) is 15.7. The molecule has 1 atom stereocenters. The van der Waals surface area contributed by atoms with E-state index in [4.69, 9.17) is 0 Å². The number of benzene rings is 1. The van der Waals surface area contributed by atoms with Crippen LogP contribution in [0.3, 0.4) is 0 Å². The summed E-state index contributed by atoms with van der Waals surface area (Å²) in [6, 6.07) is 6.80. The standard InChI is InChI=1S/C19H21F2N5O2/c1-11(27)10-26-17(12-4-7-16(22-9-12)19(2,3)28)24-18(25-26)23-13-5-6-14(20)15(21)8-13/h4-9,11,27-28H,10H2,1-3H3,(H,23,25)/t11-/m0/s1. The summed E-state index contributed by atoms with van der Waals surface area (Å²) in [5.74, 6) is -1.34. The Labute approximate surface area is 160 Å². The lowest BCUT2D eigenvalue weighted by Gasteiger charge is -2.16. The maximum absolute atomic E-state index is 13.4. The van der Waals surface area contributed by atoms with Gasteiger partial charge in [-0.3, -0.25) is 4.98 Å². The fourth-order valence-electron chi connectivity index (χ4n) is 2.58. The molecule has 28 heavy (non-hydrogen) atoms. The molecule has 0 aliphatic heterocycles. The highest BCUT2D eigenvalue weighted by Gasteiger charge is 2.19. The molecular formula is C19H21F2N5O2. The molecule has 3 aromatic rings. The average molecular weight is 389 g/mol. The van der Waals surface area contributed by atoms with E-state index < -0.39 is 23.3 Å². The molecule has 9 heteroatoms. The Hall–Kier alpha value is -2.91. The predicted molar refractivity (Wildman–Crippen MR) is 99.8 cm³/mol. The lowest BCUT2D eigenvalue weighted by atomic mass is 10.0. The molecule has 3 N–H and O–H groups in total. The van der Waals surface area contributed by atoms with Crippen LogP contribution in [0.5, 0.6) is 0 Å². The van der Waals surface area contributed by atoms with E-state index in [0.717, 1.165) is 12.1 Å². The van der Waals surface area contributed by atoms with Crippen LogP contribution >= 0.6 is 0 Å². The van der Waals surface area contributed by atoms with E-state index in [1.165, 1.54) is 10.7 Å². The van der Waals surface area contributed by atoms with Crippen LogP contribution in [0.25, 0.3) is 11.4 Å². The number of anilines is 2. The predicted octanol–water partition coefficient (Wildman–Crippen LogP) is 2.97. The van der Waals surface area contributed by atoms with Crippen molar-refractivity contribution < 1.29 is 19.0 Å². The first kappa shape index (κ1) is 19.8. The molecule has 0 aliphatic rings. The SMILES string of the molecule is C[C@H](O)Cn1nc(Nc2ccc(F)c(F)c2)nc1-c1ccc(C(C)(C)O)nc1. The first-order valence-electron chi connectivity index (χ1n) is 8.68. The van der Waals surface area contributed by atoms with Gasteiger partial charge in [-0.25, -0.2) is 13.5 Å². The van der Waals surface area contributed by atoms with Crippen molar-refractivity contribution in [3.05, 3.63) is 53.9 Å². The minimum atomic E-state index is -1.08. The van der Waals surface area contributed by atoms with Crippen LogP contribution in [0.1, 0.15) is 26.5 Å². The van der Waals surface area contributed by atoms with Crippen molar-refractivity contribution in [2.24, 2.45) is 0 Å². The summed E-state index contributed by atoms with van der Waals surface area (Å²) in [4.78, 5) is 8.64. The minimum absolute atomic E-state index is 0.160. The second kappa shape index (κ2) is 7.61. The van der Waals surface area contributed by atoms with E-state index in [2.05, 4.69) is 20.4 Å². The molecule has 1 aromatic carbocycles. The monoisotopic (exact) mass is 389 g/mol. The average Bonchev–Trinajstić information content (AvgIpc) is 2.99. The van der Waals surface area contributed by atoms with Crippen LogP contribution in [0.2, 0.25) is 0 Å². The van der Waals surface area contributed by atoms with E-state index in [1.54, 1.807) is 39.1 Å². The molecule has 0 unspecified atom stereocenters. The Kier molecular flexibility index (Phi) is 5.39. The van der Waals surface area contributed by atoms with Gasteiger partial charge in [0.25, 0.3) is 0 Å². The molecule has 2 heterocycles. The van der Waals surface area contributed by atoms with E-state index in [0.29, 0.717) is 17.1 Å². The number of rotatable bonds is 6. The fourth-order valence-corrected chi connectivity index (χ4v) is 2.58. The Morgan fingerprint density at radius 2 is 1.93 bits per heavy atom. The molecule has 7 nitrogen and oxygen atoms in total.